The summed E-state index contributed by atoms with van der Waals surface area (Å²) in [5.41, 5.74) is 7.11. The van der Waals surface area contributed by atoms with Crippen LogP contribution in [0, 0.1) is 0 Å². The largest absolute Gasteiger partial charge is 0.379 e. The molecule has 1 aromatic rings. The Bertz CT molecular complexity index is 828. The normalized spacial score (nSPS) is 18.4. The van der Waals surface area contributed by atoms with Crippen molar-refractivity contribution in [2.45, 2.75) is 31.8 Å². The average Bonchev–Trinajstić information content (AvgIpc) is 3.03. The highest BCUT2D eigenvalue weighted by Gasteiger charge is 2.39. The van der Waals surface area contributed by atoms with Gasteiger partial charge in [0.2, 0.25) is 17.7 Å². The number of carbonyl (C=O) groups excluding carboxylic acids is 4. The van der Waals surface area contributed by atoms with Crippen LogP contribution in [0.5, 0.6) is 0 Å². The highest BCUT2D eigenvalue weighted by Crippen LogP contribution is 2.29. The predicted molar refractivity (Wildman–Crippen MR) is 106 cm³/mol. The van der Waals surface area contributed by atoms with Crippen LogP contribution in [0.2, 0.25) is 0 Å². The minimum absolute atomic E-state index is 0.190. The molecule has 2 aliphatic rings. The summed E-state index contributed by atoms with van der Waals surface area (Å²) in [4.78, 5) is 49.7. The number of nitrogens with one attached hydrogen (secondary N) is 2. The Kier molecular flexibility index (Phi) is 7.50. The third-order valence-corrected chi connectivity index (χ3v) is 4.91. The van der Waals surface area contributed by atoms with Crippen molar-refractivity contribution in [1.29, 1.82) is 0 Å². The van der Waals surface area contributed by atoms with Gasteiger partial charge in [0, 0.05) is 30.8 Å². The lowest BCUT2D eigenvalue weighted by Crippen LogP contribution is -2.52. The lowest BCUT2D eigenvalue weighted by atomic mass is 10.0. The van der Waals surface area contributed by atoms with Crippen LogP contribution in [-0.2, 0) is 30.4 Å². The minimum atomic E-state index is -0.661. The van der Waals surface area contributed by atoms with Gasteiger partial charge in [0.1, 0.15) is 6.04 Å². The van der Waals surface area contributed by atoms with E-state index < -0.39 is 11.9 Å². The molecule has 2 aliphatic heterocycles. The van der Waals surface area contributed by atoms with Crippen LogP contribution in [0.3, 0.4) is 0 Å². The fraction of sp³-hybridized carbons (Fsp3) is 0.500. The molecule has 2 heterocycles. The van der Waals surface area contributed by atoms with Gasteiger partial charge in [0.25, 0.3) is 5.91 Å². The maximum atomic E-state index is 12.7. The number of hydrogen-bond acceptors (Lipinski definition) is 7. The summed E-state index contributed by atoms with van der Waals surface area (Å²) in [6.07, 6.45) is 0.708. The molecule has 4 amide bonds. The van der Waals surface area contributed by atoms with Crippen molar-refractivity contribution < 1.29 is 28.7 Å². The Hall–Kier alpha value is -2.82. The van der Waals surface area contributed by atoms with Crippen molar-refractivity contribution in [1.82, 2.24) is 10.2 Å². The Morgan fingerprint density at radius 3 is 2.67 bits per heavy atom. The second-order valence-electron chi connectivity index (χ2n) is 7.08. The smallest absolute Gasteiger partial charge is 0.255 e. The number of hydrogen-bond donors (Lipinski definition) is 3. The van der Waals surface area contributed by atoms with Gasteiger partial charge in [0.15, 0.2) is 0 Å². The van der Waals surface area contributed by atoms with Gasteiger partial charge in [-0.05, 0) is 30.2 Å². The molecule has 0 aromatic heterocycles. The monoisotopic (exact) mass is 418 g/mol. The van der Waals surface area contributed by atoms with Gasteiger partial charge in [-0.3, -0.25) is 24.5 Å². The Morgan fingerprint density at radius 2 is 1.93 bits per heavy atom. The summed E-state index contributed by atoms with van der Waals surface area (Å²) in [5.74, 6) is -1.22. The molecule has 0 spiro atoms. The average molecular weight is 418 g/mol. The van der Waals surface area contributed by atoms with Gasteiger partial charge in [-0.25, -0.2) is 0 Å². The van der Waals surface area contributed by atoms with E-state index in [1.54, 1.807) is 18.2 Å². The van der Waals surface area contributed by atoms with Gasteiger partial charge in [0.05, 0.1) is 32.8 Å². The number of carbonyl (C=O) groups is 4. The molecule has 1 atom stereocenters. The molecular weight excluding hydrogens is 392 g/mol. The molecule has 0 aliphatic carbocycles. The zero-order chi connectivity index (χ0) is 21.5. The molecule has 0 radical (unpaired) electrons. The number of amides is 4. The fourth-order valence-electron chi connectivity index (χ4n) is 3.45. The summed E-state index contributed by atoms with van der Waals surface area (Å²) < 4.78 is 10.5. The predicted octanol–water partition coefficient (Wildman–Crippen LogP) is -0.232. The fourth-order valence-corrected chi connectivity index (χ4v) is 3.45. The van der Waals surface area contributed by atoms with E-state index >= 15 is 0 Å². The lowest BCUT2D eigenvalue weighted by molar-refractivity contribution is -0.137. The lowest BCUT2D eigenvalue weighted by Gasteiger charge is -2.29. The number of ether oxygens (including phenoxy) is 2. The van der Waals surface area contributed by atoms with Crippen LogP contribution >= 0.6 is 0 Å². The van der Waals surface area contributed by atoms with Crippen molar-refractivity contribution in [3.05, 3.63) is 29.3 Å². The second kappa shape index (κ2) is 10.3. The van der Waals surface area contributed by atoms with Crippen molar-refractivity contribution >= 4 is 29.3 Å². The van der Waals surface area contributed by atoms with E-state index in [-0.39, 0.29) is 43.7 Å². The summed E-state index contributed by atoms with van der Waals surface area (Å²) in [7, 11) is 0. The first-order chi connectivity index (χ1) is 14.5. The van der Waals surface area contributed by atoms with Crippen LogP contribution in [0.15, 0.2) is 18.2 Å². The van der Waals surface area contributed by atoms with E-state index in [0.717, 1.165) is 5.56 Å². The molecule has 4 N–H and O–H groups in total. The number of imide groups is 1. The van der Waals surface area contributed by atoms with Gasteiger partial charge >= 0.3 is 0 Å². The minimum Gasteiger partial charge on any atom is -0.379 e. The van der Waals surface area contributed by atoms with E-state index in [9.17, 15) is 19.2 Å². The van der Waals surface area contributed by atoms with E-state index in [0.29, 0.717) is 44.0 Å². The first-order valence-corrected chi connectivity index (χ1v) is 9.92. The van der Waals surface area contributed by atoms with Gasteiger partial charge in [-0.2, -0.15) is 0 Å². The molecule has 3 rings (SSSR count). The number of benzene rings is 1. The molecule has 30 heavy (non-hydrogen) atoms. The standard InChI is InChI=1S/C20H26N4O6/c21-6-8-30-10-9-29-7-5-18(26)22-14-1-2-15-13(11-14)12-24(20(15)28)16-3-4-17(25)23-19(16)27/h1-2,11,16H,3-10,12,21H2,(H,22,26)(H,23,25,27). The van der Waals surface area contributed by atoms with Crippen molar-refractivity contribution in [3.8, 4) is 0 Å². The number of nitrogens with two attached hydrogens (primary N) is 1. The number of nitrogens with zero attached hydrogens (tertiary/aromatic N) is 1. The summed E-state index contributed by atoms with van der Waals surface area (Å²) in [6, 6.07) is 4.37. The summed E-state index contributed by atoms with van der Waals surface area (Å²) in [5, 5.41) is 5.06. The molecule has 0 saturated carbocycles. The van der Waals surface area contributed by atoms with Gasteiger partial charge in [-0.1, -0.05) is 0 Å². The van der Waals surface area contributed by atoms with Crippen LogP contribution < -0.4 is 16.4 Å². The Balaban J connectivity index is 1.49. The van der Waals surface area contributed by atoms with Gasteiger partial charge < -0.3 is 25.4 Å². The van der Waals surface area contributed by atoms with E-state index in [2.05, 4.69) is 10.6 Å². The molecule has 0 bridgehead atoms. The zero-order valence-corrected chi connectivity index (χ0v) is 16.6. The molecule has 1 saturated heterocycles. The molecule has 10 nitrogen and oxygen atoms in total. The molecule has 1 aromatic carbocycles. The molecule has 1 unspecified atom stereocenters. The third kappa shape index (κ3) is 5.41. The number of anilines is 1. The van der Waals surface area contributed by atoms with E-state index in [1.165, 1.54) is 4.90 Å². The van der Waals surface area contributed by atoms with Crippen molar-refractivity contribution in [2.75, 3.05) is 38.3 Å². The van der Waals surface area contributed by atoms with Crippen molar-refractivity contribution in [2.24, 2.45) is 5.73 Å². The summed E-state index contributed by atoms with van der Waals surface area (Å²) >= 11 is 0. The molecule has 10 heteroatoms. The summed E-state index contributed by atoms with van der Waals surface area (Å²) in [6.45, 7) is 2.29. The molecule has 162 valence electrons. The Morgan fingerprint density at radius 1 is 1.17 bits per heavy atom. The van der Waals surface area contributed by atoms with Crippen LogP contribution in [-0.4, -0.2) is 67.5 Å². The van der Waals surface area contributed by atoms with E-state index in [4.69, 9.17) is 15.2 Å². The zero-order valence-electron chi connectivity index (χ0n) is 16.6. The van der Waals surface area contributed by atoms with Crippen LogP contribution in [0.25, 0.3) is 0 Å². The number of fused-ring (bicyclic) bond motifs is 1. The maximum Gasteiger partial charge on any atom is 0.255 e. The highest BCUT2D eigenvalue weighted by atomic mass is 16.5. The second-order valence-corrected chi connectivity index (χ2v) is 7.08. The SMILES string of the molecule is NCCOCCOCCC(=O)Nc1ccc2c(c1)CN(C1CCC(=O)NC1=O)C2=O. The highest BCUT2D eigenvalue weighted by molar-refractivity contribution is 6.05. The Labute approximate surface area is 174 Å². The van der Waals surface area contributed by atoms with Crippen molar-refractivity contribution in [3.63, 3.8) is 0 Å². The third-order valence-electron chi connectivity index (χ3n) is 4.91. The first-order valence-electron chi connectivity index (χ1n) is 9.92. The van der Waals surface area contributed by atoms with Crippen LogP contribution in [0.4, 0.5) is 5.69 Å². The molecular formula is C20H26N4O6. The maximum absolute atomic E-state index is 12.7. The number of rotatable bonds is 10. The van der Waals surface area contributed by atoms with Crippen LogP contribution in [0.1, 0.15) is 35.2 Å². The van der Waals surface area contributed by atoms with Gasteiger partial charge in [-0.15, -0.1) is 0 Å². The van der Waals surface area contributed by atoms with E-state index in [1.807, 2.05) is 0 Å². The quantitative estimate of drug-likeness (QED) is 0.352. The topological polar surface area (TPSA) is 140 Å². The first kappa shape index (κ1) is 21.9. The number of piperidine rings is 1. The molecule has 1 fully saturated rings.